The van der Waals surface area contributed by atoms with Crippen LogP contribution in [0.3, 0.4) is 0 Å². The van der Waals surface area contributed by atoms with Gasteiger partial charge in [-0.15, -0.1) is 0 Å². The summed E-state index contributed by atoms with van der Waals surface area (Å²) >= 11 is 0. The Morgan fingerprint density at radius 2 is 2.04 bits per heavy atom. The molecule has 4 atom stereocenters. The number of phosphoric ester groups is 1. The Kier molecular flexibility index (Phi) is 9.74. The van der Waals surface area contributed by atoms with Gasteiger partial charge in [-0.25, -0.2) is 9.55 Å². The molecule has 0 radical (unpaired) electrons. The predicted octanol–water partition coefficient (Wildman–Crippen LogP) is -8.34. The fourth-order valence-electron chi connectivity index (χ4n) is 2.40. The van der Waals surface area contributed by atoms with Crippen LogP contribution in [0.25, 0.3) is 11.2 Å². The van der Waals surface area contributed by atoms with E-state index in [1.807, 2.05) is 0 Å². The number of nitrogens with two attached hydrogens (primary N) is 1. The van der Waals surface area contributed by atoms with Gasteiger partial charge in [0.15, 0.2) is 17.4 Å². The molecule has 7 N–H and O–H groups in total. The number of hydrogen-bond donors (Lipinski definition) is 6. The molecule has 13 nitrogen and oxygen atoms in total. The van der Waals surface area contributed by atoms with Gasteiger partial charge in [0.2, 0.25) is 5.95 Å². The van der Waals surface area contributed by atoms with Crippen LogP contribution >= 0.6 is 7.82 Å². The molecule has 16 heteroatoms. The van der Waals surface area contributed by atoms with Crippen molar-refractivity contribution in [3.63, 3.8) is 0 Å². The van der Waals surface area contributed by atoms with Crippen LogP contribution < -0.4 is 114 Å². The average Bonchev–Trinajstić information content (AvgIpc) is 3.00. The van der Waals surface area contributed by atoms with E-state index in [2.05, 4.69) is 19.5 Å². The van der Waals surface area contributed by atoms with Crippen LogP contribution in [-0.4, -0.2) is 64.4 Å². The van der Waals surface area contributed by atoms with E-state index in [9.17, 15) is 19.6 Å². The molecule has 26 heavy (non-hydrogen) atoms. The SMILES string of the molecule is Nc1nc2c(ncn2[C@@H]2O[C@H](COP(=O)(O)O)[C@@H](O)[C@H]2O)c(=O)[nH]1.[H-].[H-].[K+].[K+]. The van der Waals surface area contributed by atoms with Gasteiger partial charge in [-0.1, -0.05) is 0 Å². The molecule has 1 aliphatic heterocycles. The molecule has 2 aromatic heterocycles. The van der Waals surface area contributed by atoms with Gasteiger partial charge in [0.05, 0.1) is 12.9 Å². The molecular formula is C10H16K2N5O8P. The van der Waals surface area contributed by atoms with E-state index in [0.29, 0.717) is 0 Å². The number of aliphatic hydroxyl groups is 2. The molecule has 0 aliphatic carbocycles. The van der Waals surface area contributed by atoms with Crippen molar-refractivity contribution in [1.82, 2.24) is 19.5 Å². The third kappa shape index (κ3) is 5.51. The Labute approximate surface area is 233 Å². The first-order chi connectivity index (χ1) is 11.2. The smallest absolute Gasteiger partial charge is 1.00 e. The molecule has 3 heterocycles. The molecule has 1 saturated heterocycles. The van der Waals surface area contributed by atoms with E-state index >= 15 is 0 Å². The zero-order valence-corrected chi connectivity index (χ0v) is 21.0. The van der Waals surface area contributed by atoms with E-state index < -0.39 is 44.5 Å². The van der Waals surface area contributed by atoms with Crippen LogP contribution in [0.4, 0.5) is 5.95 Å². The van der Waals surface area contributed by atoms with Crippen molar-refractivity contribution in [2.75, 3.05) is 12.3 Å². The average molecular weight is 443 g/mol. The summed E-state index contributed by atoms with van der Waals surface area (Å²) in [6, 6.07) is 0. The monoisotopic (exact) mass is 443 g/mol. The summed E-state index contributed by atoms with van der Waals surface area (Å²) in [7, 11) is -4.76. The number of nitrogens with zero attached hydrogens (tertiary/aromatic N) is 3. The van der Waals surface area contributed by atoms with E-state index in [-0.39, 0.29) is 123 Å². The first kappa shape index (κ1) is 25.4. The number of nitrogens with one attached hydrogen (secondary N) is 1. The minimum absolute atomic E-state index is 0. The molecule has 3 rings (SSSR count). The van der Waals surface area contributed by atoms with Gasteiger partial charge in [-0.05, 0) is 0 Å². The van der Waals surface area contributed by atoms with E-state index in [1.54, 1.807) is 0 Å². The van der Waals surface area contributed by atoms with E-state index in [0.717, 1.165) is 0 Å². The Bertz CT molecular complexity index is 881. The Hall–Kier alpha value is 1.41. The maximum atomic E-state index is 11.7. The van der Waals surface area contributed by atoms with Gasteiger partial charge in [0.25, 0.3) is 5.56 Å². The van der Waals surface area contributed by atoms with Crippen LogP contribution in [0.15, 0.2) is 11.1 Å². The van der Waals surface area contributed by atoms with Gasteiger partial charge < -0.3 is 33.3 Å². The molecule has 1 aliphatic rings. The molecule has 0 amide bonds. The van der Waals surface area contributed by atoms with Crippen LogP contribution in [-0.2, 0) is 13.8 Å². The Morgan fingerprint density at radius 3 is 2.65 bits per heavy atom. The molecule has 0 aromatic carbocycles. The number of aliphatic hydroxyl groups excluding tert-OH is 2. The normalized spacial score (nSPS) is 25.7. The molecule has 2 aromatic rings. The Balaban J connectivity index is 0. The number of hydrogen-bond acceptors (Lipinski definition) is 9. The van der Waals surface area contributed by atoms with Crippen molar-refractivity contribution in [2.24, 2.45) is 0 Å². The summed E-state index contributed by atoms with van der Waals surface area (Å²) in [5.41, 5.74) is 4.84. The second kappa shape index (κ2) is 9.95. The molecule has 0 saturated carbocycles. The number of rotatable bonds is 4. The molecule has 0 unspecified atom stereocenters. The zero-order chi connectivity index (χ0) is 17.6. The van der Waals surface area contributed by atoms with Crippen molar-refractivity contribution in [2.45, 2.75) is 24.5 Å². The van der Waals surface area contributed by atoms with Gasteiger partial charge >= 0.3 is 111 Å². The minimum Gasteiger partial charge on any atom is -1.00 e. The summed E-state index contributed by atoms with van der Waals surface area (Å²) in [6.45, 7) is -0.651. The van der Waals surface area contributed by atoms with Crippen molar-refractivity contribution in [1.29, 1.82) is 0 Å². The number of imidazole rings is 1. The minimum atomic E-state index is -4.76. The van der Waals surface area contributed by atoms with E-state index in [4.69, 9.17) is 20.3 Å². The first-order valence-electron chi connectivity index (χ1n) is 6.61. The van der Waals surface area contributed by atoms with Crippen molar-refractivity contribution < 1.29 is 139 Å². The number of phosphoric acid groups is 1. The molecule has 0 bridgehead atoms. The fourth-order valence-corrected chi connectivity index (χ4v) is 2.74. The summed E-state index contributed by atoms with van der Waals surface area (Å²) in [5.74, 6) is -0.177. The topological polar surface area (TPSA) is 206 Å². The largest absolute Gasteiger partial charge is 1.00 e. The molecule has 1 fully saturated rings. The summed E-state index contributed by atoms with van der Waals surface area (Å²) in [6.07, 6.45) is -4.22. The molecule has 136 valence electrons. The van der Waals surface area contributed by atoms with Crippen molar-refractivity contribution >= 4 is 24.9 Å². The number of fused-ring (bicyclic) bond motifs is 1. The van der Waals surface area contributed by atoms with Crippen molar-refractivity contribution in [3.8, 4) is 0 Å². The number of nitrogen functional groups attached to an aromatic ring is 1. The van der Waals surface area contributed by atoms with Crippen molar-refractivity contribution in [3.05, 3.63) is 16.7 Å². The summed E-state index contributed by atoms with van der Waals surface area (Å²) in [5, 5.41) is 20.1. The summed E-state index contributed by atoms with van der Waals surface area (Å²) < 4.78 is 21.6. The second-order valence-corrected chi connectivity index (χ2v) is 6.35. The summed E-state index contributed by atoms with van der Waals surface area (Å²) in [4.78, 5) is 39.1. The Morgan fingerprint density at radius 1 is 1.38 bits per heavy atom. The number of aromatic amines is 1. The first-order valence-corrected chi connectivity index (χ1v) is 8.14. The van der Waals surface area contributed by atoms with Gasteiger partial charge in [-0.2, -0.15) is 4.98 Å². The maximum absolute atomic E-state index is 11.7. The van der Waals surface area contributed by atoms with Crippen LogP contribution in [0.5, 0.6) is 0 Å². The second-order valence-electron chi connectivity index (χ2n) is 5.11. The van der Waals surface area contributed by atoms with Crippen LogP contribution in [0.2, 0.25) is 0 Å². The quantitative estimate of drug-likeness (QED) is 0.193. The number of aromatic nitrogens is 4. The van der Waals surface area contributed by atoms with Crippen LogP contribution in [0, 0.1) is 0 Å². The van der Waals surface area contributed by atoms with Gasteiger partial charge in [-0.3, -0.25) is 18.9 Å². The van der Waals surface area contributed by atoms with Crippen LogP contribution in [0.1, 0.15) is 9.08 Å². The molecular weight excluding hydrogens is 427 g/mol. The zero-order valence-electron chi connectivity index (χ0n) is 15.9. The number of ether oxygens (including phenoxy) is 1. The van der Waals surface area contributed by atoms with Gasteiger partial charge in [0.1, 0.15) is 18.3 Å². The standard InChI is InChI=1S/C10H14N5O8P.2K.2H/c11-10-13-7-4(8(18)14-10)12-2-15(7)9-6(17)5(16)3(23-9)1-22-24(19,20)21;;;;/h2-3,5-6,9,16-17H,1H2,(H2,19,20,21)(H3,11,13,14,18);;;;/q;2*+1;2*-1/t3-,5-,6-,9-;;;;/m1..../s1. The molecule has 0 spiro atoms. The number of H-pyrrole nitrogens is 1. The third-order valence-corrected chi connectivity index (χ3v) is 3.95. The third-order valence-electron chi connectivity index (χ3n) is 3.47. The fraction of sp³-hybridized carbons (Fsp3) is 0.500. The van der Waals surface area contributed by atoms with E-state index in [1.165, 1.54) is 10.9 Å². The maximum Gasteiger partial charge on any atom is 1.00 e. The van der Waals surface area contributed by atoms with Gasteiger partial charge in [0, 0.05) is 0 Å². The number of anilines is 1. The predicted molar refractivity (Wildman–Crippen MR) is 78.7 cm³/mol.